The van der Waals surface area contributed by atoms with Crippen LogP contribution in [0.15, 0.2) is 35.3 Å². The maximum absolute atomic E-state index is 12.7. The van der Waals surface area contributed by atoms with Crippen molar-refractivity contribution in [2.24, 2.45) is 18.7 Å². The van der Waals surface area contributed by atoms with Gasteiger partial charge >= 0.3 is 0 Å². The zero-order chi connectivity index (χ0) is 18.1. The largest absolute Gasteiger partial charge is 0.493 e. The molecule has 0 aliphatic rings. The van der Waals surface area contributed by atoms with Crippen molar-refractivity contribution >= 4 is 21.7 Å². The van der Waals surface area contributed by atoms with Gasteiger partial charge in [0.2, 0.25) is 0 Å². The molecule has 0 bridgehead atoms. The molecular weight excluding hydrogens is 314 g/mol. The smallest absolute Gasteiger partial charge is 0.258 e. The van der Waals surface area contributed by atoms with Crippen molar-refractivity contribution in [3.8, 4) is 5.75 Å². The fraction of sp³-hybridized carbons (Fsp3) is 0.400. The first kappa shape index (κ1) is 17.4. The van der Waals surface area contributed by atoms with E-state index in [4.69, 9.17) is 10.5 Å². The number of rotatable bonds is 5. The van der Waals surface area contributed by atoms with Gasteiger partial charge in [0.1, 0.15) is 5.75 Å². The first-order valence-electron chi connectivity index (χ1n) is 8.64. The lowest BCUT2D eigenvalue weighted by Gasteiger charge is -2.16. The van der Waals surface area contributed by atoms with Gasteiger partial charge in [-0.1, -0.05) is 6.92 Å². The third kappa shape index (κ3) is 3.51. The molecule has 2 unspecified atom stereocenters. The molecule has 25 heavy (non-hydrogen) atoms. The number of pyridine rings is 2. The van der Waals surface area contributed by atoms with E-state index in [-0.39, 0.29) is 11.6 Å². The number of aromatic nitrogens is 2. The second-order valence-corrected chi connectivity index (χ2v) is 7.04. The minimum atomic E-state index is -0.0396. The summed E-state index contributed by atoms with van der Waals surface area (Å²) in [4.78, 5) is 17.0. The molecule has 0 saturated carbocycles. The van der Waals surface area contributed by atoms with Crippen LogP contribution in [0.2, 0.25) is 0 Å². The molecule has 2 N–H and O–H groups in total. The van der Waals surface area contributed by atoms with Crippen LogP contribution in [-0.2, 0) is 7.05 Å². The fourth-order valence-electron chi connectivity index (χ4n) is 3.29. The topological polar surface area (TPSA) is 70.1 Å². The van der Waals surface area contributed by atoms with E-state index in [1.54, 1.807) is 17.8 Å². The minimum absolute atomic E-state index is 0.0396. The SMILES string of the molecule is Cc1cc2c3ccc(OCC(C)CC(C)N)cc3c(=O)n(C)c2cn1. The predicted molar refractivity (Wildman–Crippen MR) is 102 cm³/mol. The van der Waals surface area contributed by atoms with Gasteiger partial charge in [0.05, 0.1) is 23.7 Å². The molecule has 0 aliphatic carbocycles. The van der Waals surface area contributed by atoms with Crippen LogP contribution in [0.5, 0.6) is 5.75 Å². The molecule has 0 saturated heterocycles. The van der Waals surface area contributed by atoms with Crippen LogP contribution in [0, 0.1) is 12.8 Å². The molecule has 132 valence electrons. The van der Waals surface area contributed by atoms with Gasteiger partial charge in [0, 0.05) is 24.2 Å². The zero-order valence-corrected chi connectivity index (χ0v) is 15.2. The summed E-state index contributed by atoms with van der Waals surface area (Å²) < 4.78 is 7.54. The fourth-order valence-corrected chi connectivity index (χ4v) is 3.29. The third-order valence-corrected chi connectivity index (χ3v) is 4.51. The molecule has 0 fully saturated rings. The third-order valence-electron chi connectivity index (χ3n) is 4.51. The normalized spacial score (nSPS) is 14.0. The molecule has 3 aromatic rings. The van der Waals surface area contributed by atoms with E-state index in [1.165, 1.54) is 0 Å². The van der Waals surface area contributed by atoms with Crippen molar-refractivity contribution in [3.05, 3.63) is 46.5 Å². The summed E-state index contributed by atoms with van der Waals surface area (Å²) >= 11 is 0. The second kappa shape index (κ2) is 6.84. The summed E-state index contributed by atoms with van der Waals surface area (Å²) in [6, 6.07) is 7.90. The molecule has 3 rings (SSSR count). The summed E-state index contributed by atoms with van der Waals surface area (Å²) in [5, 5.41) is 2.62. The highest BCUT2D eigenvalue weighted by atomic mass is 16.5. The lowest BCUT2D eigenvalue weighted by atomic mass is 10.0. The van der Waals surface area contributed by atoms with Crippen LogP contribution >= 0.6 is 0 Å². The molecule has 1 aromatic carbocycles. The first-order chi connectivity index (χ1) is 11.9. The highest BCUT2D eigenvalue weighted by Gasteiger charge is 2.11. The maximum Gasteiger partial charge on any atom is 0.258 e. The van der Waals surface area contributed by atoms with Gasteiger partial charge in [-0.15, -0.1) is 0 Å². The molecule has 0 spiro atoms. The number of nitrogens with two attached hydrogens (primary N) is 1. The highest BCUT2D eigenvalue weighted by molar-refractivity contribution is 6.05. The number of aryl methyl sites for hydroxylation is 2. The maximum atomic E-state index is 12.7. The van der Waals surface area contributed by atoms with Gasteiger partial charge in [-0.2, -0.15) is 0 Å². The molecule has 5 heteroatoms. The Bertz CT molecular complexity index is 976. The van der Waals surface area contributed by atoms with E-state index in [0.717, 1.165) is 28.4 Å². The standard InChI is InChI=1S/C20H25N3O2/c1-12(7-13(2)21)11-25-15-5-6-16-17-8-14(3)22-10-19(17)23(4)20(24)18(16)9-15/h5-6,8-10,12-13H,7,11,21H2,1-4H3. The molecule has 2 aromatic heterocycles. The molecule has 5 nitrogen and oxygen atoms in total. The van der Waals surface area contributed by atoms with Gasteiger partial charge in [-0.3, -0.25) is 9.78 Å². The van der Waals surface area contributed by atoms with Crippen molar-refractivity contribution in [1.82, 2.24) is 9.55 Å². The Morgan fingerprint density at radius 1 is 1.20 bits per heavy atom. The average molecular weight is 339 g/mol. The monoisotopic (exact) mass is 339 g/mol. The molecule has 0 amide bonds. The Balaban J connectivity index is 2.02. The summed E-state index contributed by atoms with van der Waals surface area (Å²) in [6.07, 6.45) is 2.66. The van der Waals surface area contributed by atoms with Crippen LogP contribution in [-0.4, -0.2) is 22.2 Å². The number of nitrogens with zero attached hydrogens (tertiary/aromatic N) is 2. The first-order valence-corrected chi connectivity index (χ1v) is 8.64. The van der Waals surface area contributed by atoms with Gasteiger partial charge in [-0.25, -0.2) is 0 Å². The summed E-state index contributed by atoms with van der Waals surface area (Å²) in [5.74, 6) is 1.08. The Morgan fingerprint density at radius 3 is 2.68 bits per heavy atom. The lowest BCUT2D eigenvalue weighted by Crippen LogP contribution is -2.21. The van der Waals surface area contributed by atoms with Crippen molar-refractivity contribution in [2.45, 2.75) is 33.2 Å². The summed E-state index contributed by atoms with van der Waals surface area (Å²) in [5.41, 5.74) is 7.56. The Morgan fingerprint density at radius 2 is 1.96 bits per heavy atom. The van der Waals surface area contributed by atoms with Crippen molar-refractivity contribution in [2.75, 3.05) is 6.61 Å². The highest BCUT2D eigenvalue weighted by Crippen LogP contribution is 2.26. The average Bonchev–Trinajstić information content (AvgIpc) is 2.57. The molecule has 0 aliphatic heterocycles. The van der Waals surface area contributed by atoms with Crippen LogP contribution in [0.3, 0.4) is 0 Å². The Labute approximate surface area is 147 Å². The van der Waals surface area contributed by atoms with E-state index in [2.05, 4.69) is 11.9 Å². The van der Waals surface area contributed by atoms with E-state index in [9.17, 15) is 4.79 Å². The molecular formula is C20H25N3O2. The number of benzene rings is 1. The van der Waals surface area contributed by atoms with E-state index in [1.807, 2.05) is 38.1 Å². The van der Waals surface area contributed by atoms with Gasteiger partial charge in [0.15, 0.2) is 0 Å². The quantitative estimate of drug-likeness (QED) is 0.725. The number of fused-ring (bicyclic) bond motifs is 3. The molecule has 2 atom stereocenters. The minimum Gasteiger partial charge on any atom is -0.493 e. The van der Waals surface area contributed by atoms with Crippen LogP contribution in [0.25, 0.3) is 21.7 Å². The Hall–Kier alpha value is -2.40. The van der Waals surface area contributed by atoms with Crippen LogP contribution in [0.1, 0.15) is 26.0 Å². The summed E-state index contributed by atoms with van der Waals surface area (Å²) in [7, 11) is 1.78. The van der Waals surface area contributed by atoms with Gasteiger partial charge in [-0.05, 0) is 55.8 Å². The molecule has 2 heterocycles. The summed E-state index contributed by atoms with van der Waals surface area (Å²) in [6.45, 7) is 6.66. The van der Waals surface area contributed by atoms with Crippen LogP contribution in [0.4, 0.5) is 0 Å². The number of ether oxygens (including phenoxy) is 1. The number of hydrogen-bond donors (Lipinski definition) is 1. The number of hydrogen-bond acceptors (Lipinski definition) is 4. The lowest BCUT2D eigenvalue weighted by molar-refractivity contribution is 0.246. The zero-order valence-electron chi connectivity index (χ0n) is 15.2. The van der Waals surface area contributed by atoms with Gasteiger partial charge < -0.3 is 15.0 Å². The predicted octanol–water partition coefficient (Wildman–Crippen LogP) is 3.15. The van der Waals surface area contributed by atoms with Crippen molar-refractivity contribution in [1.29, 1.82) is 0 Å². The van der Waals surface area contributed by atoms with Crippen LogP contribution < -0.4 is 16.0 Å². The van der Waals surface area contributed by atoms with Crippen molar-refractivity contribution in [3.63, 3.8) is 0 Å². The Kier molecular flexibility index (Phi) is 4.77. The molecule has 0 radical (unpaired) electrons. The van der Waals surface area contributed by atoms with Crippen molar-refractivity contribution < 1.29 is 4.74 Å². The van der Waals surface area contributed by atoms with E-state index in [0.29, 0.717) is 23.7 Å². The van der Waals surface area contributed by atoms with E-state index >= 15 is 0 Å². The second-order valence-electron chi connectivity index (χ2n) is 7.04. The van der Waals surface area contributed by atoms with E-state index < -0.39 is 0 Å². The van der Waals surface area contributed by atoms with Gasteiger partial charge in [0.25, 0.3) is 5.56 Å².